The average molecular weight is 236 g/mol. The average Bonchev–Trinajstić information content (AvgIpc) is 2.32. The lowest BCUT2D eigenvalue weighted by Gasteiger charge is -2.15. The fourth-order valence-corrected chi connectivity index (χ4v) is 1.39. The van der Waals surface area contributed by atoms with Crippen molar-refractivity contribution in [1.29, 1.82) is 0 Å². The fourth-order valence-electron chi connectivity index (χ4n) is 1.39. The second-order valence-corrected chi connectivity index (χ2v) is 3.98. The van der Waals surface area contributed by atoms with E-state index in [1.165, 1.54) is 0 Å². The van der Waals surface area contributed by atoms with Crippen LogP contribution in [0, 0.1) is 0 Å². The van der Waals surface area contributed by atoms with Crippen LogP contribution in [0.2, 0.25) is 0 Å². The summed E-state index contributed by atoms with van der Waals surface area (Å²) in [7, 11) is 0. The van der Waals surface area contributed by atoms with Crippen molar-refractivity contribution in [3.63, 3.8) is 0 Å². The Balaban J connectivity index is 2.90. The largest absolute Gasteiger partial charge is 0.462 e. The standard InChI is InChI=1S/C13H20N2O2/c1-4-9(3)15-12-8-10(6-7-11(12)14)13(16)17-5-2/h6-9,15H,4-5,14H2,1-3H3. The molecule has 0 aliphatic carbocycles. The van der Waals surface area contributed by atoms with E-state index in [2.05, 4.69) is 19.2 Å². The first-order chi connectivity index (χ1) is 8.08. The molecule has 94 valence electrons. The highest BCUT2D eigenvalue weighted by Crippen LogP contribution is 2.21. The molecular weight excluding hydrogens is 216 g/mol. The van der Waals surface area contributed by atoms with Crippen LogP contribution in [-0.2, 0) is 4.74 Å². The third-order valence-electron chi connectivity index (χ3n) is 2.58. The van der Waals surface area contributed by atoms with Crippen molar-refractivity contribution < 1.29 is 9.53 Å². The van der Waals surface area contributed by atoms with Gasteiger partial charge in [0.05, 0.1) is 23.5 Å². The minimum Gasteiger partial charge on any atom is -0.462 e. The highest BCUT2D eigenvalue weighted by molar-refractivity contribution is 5.92. The van der Waals surface area contributed by atoms with Crippen LogP contribution >= 0.6 is 0 Å². The highest BCUT2D eigenvalue weighted by Gasteiger charge is 2.10. The van der Waals surface area contributed by atoms with Gasteiger partial charge in [0.1, 0.15) is 0 Å². The highest BCUT2D eigenvalue weighted by atomic mass is 16.5. The quantitative estimate of drug-likeness (QED) is 0.609. The van der Waals surface area contributed by atoms with E-state index in [0.29, 0.717) is 23.9 Å². The second-order valence-electron chi connectivity index (χ2n) is 3.98. The molecule has 0 spiro atoms. The summed E-state index contributed by atoms with van der Waals surface area (Å²) in [5, 5.41) is 3.26. The van der Waals surface area contributed by atoms with Crippen molar-refractivity contribution in [1.82, 2.24) is 0 Å². The van der Waals surface area contributed by atoms with Gasteiger partial charge in [-0.1, -0.05) is 6.92 Å². The van der Waals surface area contributed by atoms with Crippen molar-refractivity contribution in [2.45, 2.75) is 33.2 Å². The first-order valence-corrected chi connectivity index (χ1v) is 5.91. The predicted octanol–water partition coefficient (Wildman–Crippen LogP) is 2.66. The molecule has 1 rings (SSSR count). The van der Waals surface area contributed by atoms with Gasteiger partial charge in [0.2, 0.25) is 0 Å². The molecule has 0 bridgehead atoms. The first kappa shape index (κ1) is 13.4. The van der Waals surface area contributed by atoms with Crippen LogP contribution in [-0.4, -0.2) is 18.6 Å². The Hall–Kier alpha value is -1.71. The van der Waals surface area contributed by atoms with Crippen LogP contribution in [0.3, 0.4) is 0 Å². The number of hydrogen-bond donors (Lipinski definition) is 2. The van der Waals surface area contributed by atoms with Crippen LogP contribution < -0.4 is 11.1 Å². The molecule has 0 heterocycles. The van der Waals surface area contributed by atoms with Crippen LogP contribution in [0.15, 0.2) is 18.2 Å². The monoisotopic (exact) mass is 236 g/mol. The predicted molar refractivity (Wildman–Crippen MR) is 70.2 cm³/mol. The smallest absolute Gasteiger partial charge is 0.338 e. The summed E-state index contributed by atoms with van der Waals surface area (Å²) in [5.74, 6) is -0.320. The Labute approximate surface area is 102 Å². The van der Waals surface area contributed by atoms with Crippen LogP contribution in [0.1, 0.15) is 37.6 Å². The van der Waals surface area contributed by atoms with Gasteiger partial charge in [-0.05, 0) is 38.5 Å². The van der Waals surface area contributed by atoms with Gasteiger partial charge in [-0.15, -0.1) is 0 Å². The molecule has 0 aromatic heterocycles. The number of carbonyl (C=O) groups excluding carboxylic acids is 1. The van der Waals surface area contributed by atoms with Gasteiger partial charge < -0.3 is 15.8 Å². The van der Waals surface area contributed by atoms with Crippen molar-refractivity contribution in [3.8, 4) is 0 Å². The van der Waals surface area contributed by atoms with Crippen LogP contribution in [0.4, 0.5) is 11.4 Å². The Morgan fingerprint density at radius 1 is 1.47 bits per heavy atom. The minimum absolute atomic E-state index is 0.315. The molecule has 1 aromatic carbocycles. The number of nitrogens with one attached hydrogen (secondary N) is 1. The van der Waals surface area contributed by atoms with Gasteiger partial charge in [0, 0.05) is 6.04 Å². The zero-order chi connectivity index (χ0) is 12.8. The molecule has 0 saturated carbocycles. The number of ether oxygens (including phenoxy) is 1. The number of anilines is 2. The number of benzene rings is 1. The van der Waals surface area contributed by atoms with Crippen LogP contribution in [0.5, 0.6) is 0 Å². The summed E-state index contributed by atoms with van der Waals surface area (Å²) in [6.07, 6.45) is 0.989. The van der Waals surface area contributed by atoms with E-state index in [9.17, 15) is 4.79 Å². The number of nitrogen functional groups attached to an aromatic ring is 1. The van der Waals surface area contributed by atoms with Gasteiger partial charge in [-0.3, -0.25) is 0 Å². The lowest BCUT2D eigenvalue weighted by Crippen LogP contribution is -2.15. The Morgan fingerprint density at radius 3 is 2.76 bits per heavy atom. The topological polar surface area (TPSA) is 64.3 Å². The lowest BCUT2D eigenvalue weighted by atomic mass is 10.1. The molecule has 0 amide bonds. The number of esters is 1. The van der Waals surface area contributed by atoms with Crippen molar-refractivity contribution in [3.05, 3.63) is 23.8 Å². The zero-order valence-electron chi connectivity index (χ0n) is 10.6. The van der Waals surface area contributed by atoms with Crippen molar-refractivity contribution in [2.24, 2.45) is 0 Å². The van der Waals surface area contributed by atoms with E-state index in [4.69, 9.17) is 10.5 Å². The van der Waals surface area contributed by atoms with Gasteiger partial charge in [0.25, 0.3) is 0 Å². The summed E-state index contributed by atoms with van der Waals surface area (Å²) in [6.45, 7) is 6.31. The van der Waals surface area contributed by atoms with E-state index in [-0.39, 0.29) is 5.97 Å². The molecule has 0 saturated heterocycles. The van der Waals surface area contributed by atoms with Crippen LogP contribution in [0.25, 0.3) is 0 Å². The molecule has 4 heteroatoms. The number of nitrogens with two attached hydrogens (primary N) is 1. The van der Waals surface area contributed by atoms with E-state index >= 15 is 0 Å². The maximum absolute atomic E-state index is 11.6. The maximum Gasteiger partial charge on any atom is 0.338 e. The van der Waals surface area contributed by atoms with Gasteiger partial charge in [-0.25, -0.2) is 4.79 Å². The molecular formula is C13H20N2O2. The summed E-state index contributed by atoms with van der Waals surface area (Å²) in [4.78, 5) is 11.6. The lowest BCUT2D eigenvalue weighted by molar-refractivity contribution is 0.0526. The summed E-state index contributed by atoms with van der Waals surface area (Å²) < 4.78 is 4.95. The number of hydrogen-bond acceptors (Lipinski definition) is 4. The molecule has 3 N–H and O–H groups in total. The molecule has 17 heavy (non-hydrogen) atoms. The Morgan fingerprint density at radius 2 is 2.18 bits per heavy atom. The van der Waals surface area contributed by atoms with Crippen molar-refractivity contribution in [2.75, 3.05) is 17.7 Å². The van der Waals surface area contributed by atoms with E-state index in [1.807, 2.05) is 0 Å². The molecule has 1 aromatic rings. The maximum atomic E-state index is 11.6. The molecule has 0 aliphatic heterocycles. The minimum atomic E-state index is -0.320. The zero-order valence-corrected chi connectivity index (χ0v) is 10.6. The van der Waals surface area contributed by atoms with E-state index < -0.39 is 0 Å². The normalized spacial score (nSPS) is 11.9. The molecule has 1 unspecified atom stereocenters. The molecule has 0 aliphatic rings. The SMILES string of the molecule is CCOC(=O)c1ccc(N)c(NC(C)CC)c1. The molecule has 0 radical (unpaired) electrons. The fraction of sp³-hybridized carbons (Fsp3) is 0.462. The van der Waals surface area contributed by atoms with E-state index in [1.54, 1.807) is 25.1 Å². The summed E-state index contributed by atoms with van der Waals surface area (Å²) in [5.41, 5.74) is 7.79. The third kappa shape index (κ3) is 3.66. The summed E-state index contributed by atoms with van der Waals surface area (Å²) in [6, 6.07) is 5.45. The van der Waals surface area contributed by atoms with Gasteiger partial charge >= 0.3 is 5.97 Å². The second kappa shape index (κ2) is 6.13. The summed E-state index contributed by atoms with van der Waals surface area (Å²) >= 11 is 0. The van der Waals surface area contributed by atoms with Crippen molar-refractivity contribution >= 4 is 17.3 Å². The number of rotatable bonds is 5. The van der Waals surface area contributed by atoms with E-state index in [0.717, 1.165) is 12.1 Å². The third-order valence-corrected chi connectivity index (χ3v) is 2.58. The molecule has 0 fully saturated rings. The van der Waals surface area contributed by atoms with Gasteiger partial charge in [0.15, 0.2) is 0 Å². The molecule has 1 atom stereocenters. The first-order valence-electron chi connectivity index (χ1n) is 5.91. The van der Waals surface area contributed by atoms with Gasteiger partial charge in [-0.2, -0.15) is 0 Å². The Bertz CT molecular complexity index is 391. The number of carbonyl (C=O) groups is 1. The molecule has 4 nitrogen and oxygen atoms in total. The Kier molecular flexibility index (Phi) is 4.82.